The van der Waals surface area contributed by atoms with Crippen LogP contribution in [0.15, 0.2) is 0 Å². The molecule has 1 atom stereocenters. The van der Waals surface area contributed by atoms with E-state index in [0.717, 1.165) is 25.6 Å². The van der Waals surface area contributed by atoms with Gasteiger partial charge in [0.2, 0.25) is 0 Å². The molecular weight excluding hydrogens is 232 g/mol. The van der Waals surface area contributed by atoms with Crippen LogP contribution in [0, 0.1) is 5.92 Å². The Hall–Kier alpha value is -0.0800. The Bertz CT molecular complexity index is 205. The summed E-state index contributed by atoms with van der Waals surface area (Å²) in [6.45, 7) is 19.7. The normalized spacial score (nSPS) is 14.4. The summed E-state index contributed by atoms with van der Waals surface area (Å²) in [5, 5.41) is 3.82. The summed E-state index contributed by atoms with van der Waals surface area (Å²) in [4.78, 5) is 2.60. The van der Waals surface area contributed by atoms with Crippen molar-refractivity contribution in [3.8, 4) is 0 Å². The van der Waals surface area contributed by atoms with Crippen molar-refractivity contribution >= 4 is 0 Å². The molecule has 1 N–H and O–H groups in total. The van der Waals surface area contributed by atoms with E-state index >= 15 is 0 Å². The summed E-state index contributed by atoms with van der Waals surface area (Å²) < 4.78 is 0. The lowest BCUT2D eigenvalue weighted by atomic mass is 9.83. The van der Waals surface area contributed by atoms with Gasteiger partial charge in [0, 0.05) is 11.6 Å². The molecular formula is C17H38N2. The third-order valence-electron chi connectivity index (χ3n) is 4.80. The second-order valence-electron chi connectivity index (χ2n) is 6.25. The second kappa shape index (κ2) is 9.77. The zero-order valence-corrected chi connectivity index (χ0v) is 14.6. The van der Waals surface area contributed by atoms with Gasteiger partial charge in [0.1, 0.15) is 0 Å². The Labute approximate surface area is 122 Å². The molecule has 0 bridgehead atoms. The molecule has 0 rings (SSSR count). The predicted octanol–water partition coefficient (Wildman–Crippen LogP) is 4.30. The van der Waals surface area contributed by atoms with Crippen LogP contribution >= 0.6 is 0 Å². The lowest BCUT2D eigenvalue weighted by Crippen LogP contribution is -2.58. The van der Waals surface area contributed by atoms with Crippen molar-refractivity contribution in [2.24, 2.45) is 5.92 Å². The molecule has 0 aliphatic carbocycles. The van der Waals surface area contributed by atoms with Crippen LogP contribution in [0.1, 0.15) is 74.1 Å². The Morgan fingerprint density at radius 3 is 1.84 bits per heavy atom. The molecule has 0 heterocycles. The Morgan fingerprint density at radius 1 is 0.947 bits per heavy atom. The van der Waals surface area contributed by atoms with Crippen LogP contribution < -0.4 is 5.32 Å². The largest absolute Gasteiger partial charge is 0.312 e. The quantitative estimate of drug-likeness (QED) is 0.602. The van der Waals surface area contributed by atoms with Gasteiger partial charge in [-0.25, -0.2) is 0 Å². The van der Waals surface area contributed by atoms with Crippen molar-refractivity contribution in [3.63, 3.8) is 0 Å². The number of nitrogens with zero attached hydrogens (tertiary/aromatic N) is 1. The maximum absolute atomic E-state index is 3.82. The van der Waals surface area contributed by atoms with E-state index < -0.39 is 0 Å². The molecule has 1 unspecified atom stereocenters. The predicted molar refractivity (Wildman–Crippen MR) is 87.8 cm³/mol. The van der Waals surface area contributed by atoms with Gasteiger partial charge in [-0.05, 0) is 52.2 Å². The summed E-state index contributed by atoms with van der Waals surface area (Å²) in [5.41, 5.74) is 0.237. The maximum atomic E-state index is 3.82. The van der Waals surface area contributed by atoms with Gasteiger partial charge in [0.15, 0.2) is 0 Å². The molecule has 0 aromatic rings. The van der Waals surface area contributed by atoms with Crippen LogP contribution in [-0.4, -0.2) is 36.1 Å². The van der Waals surface area contributed by atoms with Crippen molar-refractivity contribution in [2.75, 3.05) is 19.6 Å². The molecule has 0 saturated heterocycles. The van der Waals surface area contributed by atoms with E-state index in [9.17, 15) is 0 Å². The van der Waals surface area contributed by atoms with Crippen molar-refractivity contribution in [1.82, 2.24) is 10.2 Å². The first kappa shape index (κ1) is 18.9. The van der Waals surface area contributed by atoms with Crippen molar-refractivity contribution in [1.29, 1.82) is 0 Å². The highest BCUT2D eigenvalue weighted by molar-refractivity contribution is 4.94. The Kier molecular flexibility index (Phi) is 9.72. The van der Waals surface area contributed by atoms with Gasteiger partial charge < -0.3 is 5.32 Å². The van der Waals surface area contributed by atoms with E-state index in [1.165, 1.54) is 25.7 Å². The maximum Gasteiger partial charge on any atom is 0.0306 e. The minimum atomic E-state index is 0.237. The van der Waals surface area contributed by atoms with Gasteiger partial charge in [-0.15, -0.1) is 0 Å². The van der Waals surface area contributed by atoms with Gasteiger partial charge in [-0.1, -0.05) is 47.5 Å². The topological polar surface area (TPSA) is 15.3 Å². The first-order valence-electron chi connectivity index (χ1n) is 8.46. The molecule has 0 aromatic carbocycles. The fraction of sp³-hybridized carbons (Fsp3) is 1.00. The molecule has 2 heteroatoms. The molecule has 0 saturated carbocycles. The summed E-state index contributed by atoms with van der Waals surface area (Å²) >= 11 is 0. The lowest BCUT2D eigenvalue weighted by Gasteiger charge is -2.45. The third-order valence-corrected chi connectivity index (χ3v) is 4.80. The average Bonchev–Trinajstić information content (AvgIpc) is 2.40. The van der Waals surface area contributed by atoms with Crippen LogP contribution in [0.3, 0.4) is 0 Å². The summed E-state index contributed by atoms with van der Waals surface area (Å²) in [6.07, 6.45) is 5.12. The van der Waals surface area contributed by atoms with E-state index in [2.05, 4.69) is 58.7 Å². The van der Waals surface area contributed by atoms with Crippen molar-refractivity contribution in [3.05, 3.63) is 0 Å². The monoisotopic (exact) mass is 270 g/mol. The number of rotatable bonds is 11. The van der Waals surface area contributed by atoms with Gasteiger partial charge in [-0.2, -0.15) is 0 Å². The highest BCUT2D eigenvalue weighted by Gasteiger charge is 2.34. The molecule has 0 aromatic heterocycles. The van der Waals surface area contributed by atoms with Gasteiger partial charge in [0.25, 0.3) is 0 Å². The molecule has 0 aliphatic rings. The van der Waals surface area contributed by atoms with Gasteiger partial charge in [0.05, 0.1) is 0 Å². The molecule has 0 amide bonds. The number of nitrogens with one attached hydrogen (secondary N) is 1. The van der Waals surface area contributed by atoms with Crippen LogP contribution in [0.4, 0.5) is 0 Å². The lowest BCUT2D eigenvalue weighted by molar-refractivity contribution is 0.0790. The van der Waals surface area contributed by atoms with Crippen LogP contribution in [0.5, 0.6) is 0 Å². The van der Waals surface area contributed by atoms with E-state index in [-0.39, 0.29) is 5.54 Å². The van der Waals surface area contributed by atoms with Gasteiger partial charge >= 0.3 is 0 Å². The standard InChI is InChI=1S/C17H38N2/c1-8-13-18-16(14-15(9-2)10-3)17(6,7)19(11-4)12-5/h15-16,18H,8-14H2,1-7H3. The minimum Gasteiger partial charge on any atom is -0.312 e. The van der Waals surface area contributed by atoms with Crippen molar-refractivity contribution in [2.45, 2.75) is 85.7 Å². The fourth-order valence-electron chi connectivity index (χ4n) is 3.15. The molecule has 0 aliphatic heterocycles. The van der Waals surface area contributed by atoms with Crippen LogP contribution in [-0.2, 0) is 0 Å². The smallest absolute Gasteiger partial charge is 0.0306 e. The minimum absolute atomic E-state index is 0.237. The van der Waals surface area contributed by atoms with Crippen LogP contribution in [0.2, 0.25) is 0 Å². The summed E-state index contributed by atoms with van der Waals surface area (Å²) in [6, 6.07) is 0.595. The third kappa shape index (κ3) is 5.83. The first-order valence-corrected chi connectivity index (χ1v) is 8.46. The van der Waals surface area contributed by atoms with E-state index in [4.69, 9.17) is 0 Å². The molecule has 0 spiro atoms. The number of likely N-dealkylation sites (N-methyl/N-ethyl adjacent to an activating group) is 1. The second-order valence-corrected chi connectivity index (χ2v) is 6.25. The zero-order chi connectivity index (χ0) is 14.9. The Morgan fingerprint density at radius 2 is 1.47 bits per heavy atom. The van der Waals surface area contributed by atoms with E-state index in [1.807, 2.05) is 0 Å². The molecule has 19 heavy (non-hydrogen) atoms. The molecule has 2 nitrogen and oxygen atoms in total. The zero-order valence-electron chi connectivity index (χ0n) is 14.6. The van der Waals surface area contributed by atoms with Crippen molar-refractivity contribution < 1.29 is 0 Å². The number of hydrogen-bond acceptors (Lipinski definition) is 2. The van der Waals surface area contributed by atoms with E-state index in [0.29, 0.717) is 6.04 Å². The SMILES string of the molecule is CCCNC(CC(CC)CC)C(C)(C)N(CC)CC. The highest BCUT2D eigenvalue weighted by atomic mass is 15.2. The molecule has 0 radical (unpaired) electrons. The fourth-order valence-corrected chi connectivity index (χ4v) is 3.15. The average molecular weight is 271 g/mol. The summed E-state index contributed by atoms with van der Waals surface area (Å²) in [5.74, 6) is 0.851. The first-order chi connectivity index (χ1) is 8.97. The van der Waals surface area contributed by atoms with E-state index in [1.54, 1.807) is 0 Å². The highest BCUT2D eigenvalue weighted by Crippen LogP contribution is 2.26. The summed E-state index contributed by atoms with van der Waals surface area (Å²) in [7, 11) is 0. The van der Waals surface area contributed by atoms with Gasteiger partial charge in [-0.3, -0.25) is 4.90 Å². The molecule has 116 valence electrons. The van der Waals surface area contributed by atoms with Crippen LogP contribution in [0.25, 0.3) is 0 Å². The Balaban J connectivity index is 4.88. The number of hydrogen-bond donors (Lipinski definition) is 1. The molecule has 0 fully saturated rings.